The van der Waals surface area contributed by atoms with Crippen molar-refractivity contribution < 1.29 is 5.11 Å². The Kier molecular flexibility index (Phi) is 5.08. The first-order chi connectivity index (χ1) is 10.8. The summed E-state index contributed by atoms with van der Waals surface area (Å²) in [7, 11) is 0. The summed E-state index contributed by atoms with van der Waals surface area (Å²) >= 11 is 6.29. The van der Waals surface area contributed by atoms with Crippen molar-refractivity contribution in [2.24, 2.45) is 5.92 Å². The summed E-state index contributed by atoms with van der Waals surface area (Å²) in [5.74, 6) is 0.771. The van der Waals surface area contributed by atoms with Gasteiger partial charge in [0.25, 0.3) is 0 Å². The molecule has 4 heteroatoms. The van der Waals surface area contributed by atoms with Crippen LogP contribution in [0.3, 0.4) is 0 Å². The Hall–Kier alpha value is -1.42. The quantitative estimate of drug-likeness (QED) is 0.860. The van der Waals surface area contributed by atoms with Gasteiger partial charge in [0.1, 0.15) is 5.15 Å². The average Bonchev–Trinajstić information content (AvgIpc) is 2.91. The van der Waals surface area contributed by atoms with Crippen molar-refractivity contribution in [3.63, 3.8) is 0 Å². The average molecular weight is 317 g/mol. The van der Waals surface area contributed by atoms with E-state index in [1.54, 1.807) is 6.20 Å². The number of nitrogens with zero attached hydrogens (tertiary/aromatic N) is 2. The molecule has 1 aliphatic rings. The van der Waals surface area contributed by atoms with Crippen LogP contribution < -0.4 is 0 Å². The molecular weight excluding hydrogens is 296 g/mol. The molecule has 2 aromatic rings. The summed E-state index contributed by atoms with van der Waals surface area (Å²) < 4.78 is 0. The highest BCUT2D eigenvalue weighted by Crippen LogP contribution is 2.37. The Balaban J connectivity index is 1.76. The van der Waals surface area contributed by atoms with Gasteiger partial charge in [-0.2, -0.15) is 0 Å². The van der Waals surface area contributed by atoms with Crippen molar-refractivity contribution in [1.82, 2.24) is 9.88 Å². The van der Waals surface area contributed by atoms with E-state index >= 15 is 0 Å². The molecule has 1 fully saturated rings. The molecule has 116 valence electrons. The lowest BCUT2D eigenvalue weighted by Crippen LogP contribution is -2.20. The topological polar surface area (TPSA) is 36.4 Å². The number of rotatable bonds is 5. The smallest absolute Gasteiger partial charge is 0.132 e. The minimum absolute atomic E-state index is 0.220. The van der Waals surface area contributed by atoms with Gasteiger partial charge in [-0.1, -0.05) is 48.0 Å². The van der Waals surface area contributed by atoms with E-state index in [4.69, 9.17) is 11.6 Å². The minimum atomic E-state index is 0.220. The Labute approximate surface area is 136 Å². The molecule has 0 amide bonds. The molecule has 1 aromatic heterocycles. The molecule has 0 saturated carbocycles. The number of pyridine rings is 1. The standard InChI is InChI=1S/C18H21ClN2O/c19-18-16(7-4-9-20-18)17-13-21(12-15(17)8-10-22)11-14-5-2-1-3-6-14/h1-7,9,15,17,22H,8,10-13H2/t15-,17-/m1/s1. The Morgan fingerprint density at radius 3 is 2.68 bits per heavy atom. The van der Waals surface area contributed by atoms with Gasteiger partial charge in [0.2, 0.25) is 0 Å². The first-order valence-corrected chi connectivity index (χ1v) is 8.13. The fourth-order valence-electron chi connectivity index (χ4n) is 3.42. The molecule has 0 aliphatic carbocycles. The first-order valence-electron chi connectivity index (χ1n) is 7.75. The van der Waals surface area contributed by atoms with Gasteiger partial charge in [0, 0.05) is 38.4 Å². The fourth-order valence-corrected chi connectivity index (χ4v) is 3.68. The molecule has 1 saturated heterocycles. The minimum Gasteiger partial charge on any atom is -0.396 e. The first kappa shape index (κ1) is 15.5. The fraction of sp³-hybridized carbons (Fsp3) is 0.389. The molecule has 1 N–H and O–H groups in total. The SMILES string of the molecule is OCC[C@@H]1CN(Cc2ccccc2)C[C@H]1c1cccnc1Cl. The second-order valence-electron chi connectivity index (χ2n) is 5.94. The summed E-state index contributed by atoms with van der Waals surface area (Å²) in [6.07, 6.45) is 2.53. The van der Waals surface area contributed by atoms with Crippen LogP contribution in [0.2, 0.25) is 5.15 Å². The van der Waals surface area contributed by atoms with Gasteiger partial charge in [-0.05, 0) is 29.5 Å². The lowest BCUT2D eigenvalue weighted by Gasteiger charge is -2.18. The zero-order chi connectivity index (χ0) is 15.4. The number of aliphatic hydroxyl groups is 1. The van der Waals surface area contributed by atoms with Crippen molar-refractivity contribution in [2.75, 3.05) is 19.7 Å². The maximum atomic E-state index is 9.37. The van der Waals surface area contributed by atoms with Gasteiger partial charge in [-0.25, -0.2) is 4.98 Å². The number of hydrogen-bond acceptors (Lipinski definition) is 3. The molecule has 0 spiro atoms. The Bertz CT molecular complexity index is 605. The van der Waals surface area contributed by atoms with Crippen LogP contribution in [0.4, 0.5) is 0 Å². The number of likely N-dealkylation sites (tertiary alicyclic amines) is 1. The molecule has 22 heavy (non-hydrogen) atoms. The number of benzene rings is 1. The summed E-state index contributed by atoms with van der Waals surface area (Å²) in [5, 5.41) is 9.96. The zero-order valence-electron chi connectivity index (χ0n) is 12.5. The summed E-state index contributed by atoms with van der Waals surface area (Å²) in [6, 6.07) is 14.5. The van der Waals surface area contributed by atoms with Gasteiger partial charge in [0.05, 0.1) is 0 Å². The van der Waals surface area contributed by atoms with E-state index in [-0.39, 0.29) is 6.61 Å². The van der Waals surface area contributed by atoms with Gasteiger partial charge in [0.15, 0.2) is 0 Å². The van der Waals surface area contributed by atoms with Crippen molar-refractivity contribution in [1.29, 1.82) is 0 Å². The second kappa shape index (κ2) is 7.23. The third-order valence-electron chi connectivity index (χ3n) is 4.45. The highest BCUT2D eigenvalue weighted by Gasteiger charge is 2.34. The zero-order valence-corrected chi connectivity index (χ0v) is 13.3. The van der Waals surface area contributed by atoms with E-state index in [0.29, 0.717) is 17.0 Å². The third kappa shape index (κ3) is 3.49. The maximum Gasteiger partial charge on any atom is 0.132 e. The van der Waals surface area contributed by atoms with Gasteiger partial charge in [-0.3, -0.25) is 4.90 Å². The second-order valence-corrected chi connectivity index (χ2v) is 6.30. The molecule has 1 aliphatic heterocycles. The number of aromatic nitrogens is 1. The van der Waals surface area contributed by atoms with E-state index in [1.165, 1.54) is 5.56 Å². The van der Waals surface area contributed by atoms with Crippen molar-refractivity contribution in [3.05, 3.63) is 64.9 Å². The lowest BCUT2D eigenvalue weighted by molar-refractivity contribution is 0.246. The maximum absolute atomic E-state index is 9.37. The Morgan fingerprint density at radius 1 is 1.14 bits per heavy atom. The lowest BCUT2D eigenvalue weighted by atomic mass is 9.88. The van der Waals surface area contributed by atoms with Crippen LogP contribution in [0, 0.1) is 5.92 Å². The largest absolute Gasteiger partial charge is 0.396 e. The van der Waals surface area contributed by atoms with Gasteiger partial charge >= 0.3 is 0 Å². The Morgan fingerprint density at radius 2 is 1.95 bits per heavy atom. The molecule has 1 aromatic carbocycles. The molecule has 3 nitrogen and oxygen atoms in total. The third-order valence-corrected chi connectivity index (χ3v) is 4.77. The highest BCUT2D eigenvalue weighted by atomic mass is 35.5. The van der Waals surface area contributed by atoms with E-state index < -0.39 is 0 Å². The predicted octanol–water partition coefficient (Wildman–Crippen LogP) is 3.33. The molecule has 0 bridgehead atoms. The summed E-state index contributed by atoms with van der Waals surface area (Å²) in [5.41, 5.74) is 2.43. The van der Waals surface area contributed by atoms with Crippen LogP contribution in [0.5, 0.6) is 0 Å². The van der Waals surface area contributed by atoms with E-state index in [0.717, 1.165) is 31.6 Å². The predicted molar refractivity (Wildman–Crippen MR) is 88.9 cm³/mol. The molecule has 0 radical (unpaired) electrons. The van der Waals surface area contributed by atoms with E-state index in [9.17, 15) is 5.11 Å². The van der Waals surface area contributed by atoms with Crippen LogP contribution in [-0.2, 0) is 6.54 Å². The summed E-state index contributed by atoms with van der Waals surface area (Å²) in [4.78, 5) is 6.66. The van der Waals surface area contributed by atoms with Crippen LogP contribution in [0.25, 0.3) is 0 Å². The van der Waals surface area contributed by atoms with Crippen LogP contribution in [-0.4, -0.2) is 34.7 Å². The molecule has 2 heterocycles. The normalized spacial score (nSPS) is 22.1. The monoisotopic (exact) mass is 316 g/mol. The molecule has 3 rings (SSSR count). The van der Waals surface area contributed by atoms with Gasteiger partial charge < -0.3 is 5.11 Å². The van der Waals surface area contributed by atoms with Crippen molar-refractivity contribution in [2.45, 2.75) is 18.9 Å². The van der Waals surface area contributed by atoms with Crippen molar-refractivity contribution >= 4 is 11.6 Å². The van der Waals surface area contributed by atoms with Crippen LogP contribution >= 0.6 is 11.6 Å². The number of halogens is 1. The number of aliphatic hydroxyl groups excluding tert-OH is 1. The van der Waals surface area contributed by atoms with Crippen molar-refractivity contribution in [3.8, 4) is 0 Å². The molecule has 0 unspecified atom stereocenters. The van der Waals surface area contributed by atoms with Crippen LogP contribution in [0.15, 0.2) is 48.7 Å². The molecular formula is C18H21ClN2O. The highest BCUT2D eigenvalue weighted by molar-refractivity contribution is 6.30. The van der Waals surface area contributed by atoms with Gasteiger partial charge in [-0.15, -0.1) is 0 Å². The van der Waals surface area contributed by atoms with E-state index in [2.05, 4.69) is 40.2 Å². The molecule has 2 atom stereocenters. The summed E-state index contributed by atoms with van der Waals surface area (Å²) in [6.45, 7) is 3.12. The van der Waals surface area contributed by atoms with E-state index in [1.807, 2.05) is 12.1 Å². The number of hydrogen-bond donors (Lipinski definition) is 1. The van der Waals surface area contributed by atoms with Crippen LogP contribution in [0.1, 0.15) is 23.5 Å².